The molecule has 17 heavy (non-hydrogen) atoms. The van der Waals surface area contributed by atoms with Crippen LogP contribution in [0.5, 0.6) is 0 Å². The molecule has 0 bridgehead atoms. The highest BCUT2D eigenvalue weighted by Crippen LogP contribution is 2.24. The Labute approximate surface area is 102 Å². The number of amides is 1. The third-order valence-electron chi connectivity index (χ3n) is 3.90. The number of β-amino-alcohol motifs (C(OH)–C–C–N with tert-alkyl or cyclic N) is 1. The van der Waals surface area contributed by atoms with E-state index in [0.29, 0.717) is 13.0 Å². The maximum Gasteiger partial charge on any atom is 0.237 e. The van der Waals surface area contributed by atoms with E-state index in [9.17, 15) is 15.0 Å². The molecular formula is C12H22N2O3. The summed E-state index contributed by atoms with van der Waals surface area (Å²) in [5.74, 6) is 0.158. The van der Waals surface area contributed by atoms with Crippen LogP contribution in [-0.2, 0) is 4.79 Å². The van der Waals surface area contributed by atoms with Crippen molar-refractivity contribution in [3.05, 3.63) is 0 Å². The number of rotatable bonds is 3. The Kier molecular flexibility index (Phi) is 4.36. The summed E-state index contributed by atoms with van der Waals surface area (Å²) in [6.45, 7) is 0.637. The van der Waals surface area contributed by atoms with Crippen LogP contribution in [0.1, 0.15) is 32.1 Å². The molecule has 1 saturated carbocycles. The van der Waals surface area contributed by atoms with E-state index in [1.54, 1.807) is 0 Å². The monoisotopic (exact) mass is 242 g/mol. The molecule has 5 heteroatoms. The summed E-state index contributed by atoms with van der Waals surface area (Å²) in [7, 11) is 0. The van der Waals surface area contributed by atoms with Crippen LogP contribution in [0.4, 0.5) is 0 Å². The zero-order chi connectivity index (χ0) is 12.3. The van der Waals surface area contributed by atoms with E-state index < -0.39 is 6.10 Å². The molecule has 2 aliphatic rings. The van der Waals surface area contributed by atoms with Crippen molar-refractivity contribution in [2.75, 3.05) is 13.2 Å². The van der Waals surface area contributed by atoms with Crippen LogP contribution in [0.2, 0.25) is 0 Å². The number of carbonyl (C=O) groups excluding carboxylic acids is 1. The van der Waals surface area contributed by atoms with Gasteiger partial charge in [-0.1, -0.05) is 12.8 Å². The van der Waals surface area contributed by atoms with Crippen molar-refractivity contribution >= 4 is 5.91 Å². The number of aliphatic hydroxyl groups excluding tert-OH is 2. The molecule has 0 aromatic rings. The molecule has 0 aromatic carbocycles. The Morgan fingerprint density at radius 3 is 2.76 bits per heavy atom. The van der Waals surface area contributed by atoms with Crippen LogP contribution >= 0.6 is 0 Å². The highest BCUT2D eigenvalue weighted by molar-refractivity contribution is 5.82. The minimum Gasteiger partial charge on any atom is -0.396 e. The summed E-state index contributed by atoms with van der Waals surface area (Å²) in [6, 6.07) is -0.174. The van der Waals surface area contributed by atoms with Crippen molar-refractivity contribution in [3.63, 3.8) is 0 Å². The Morgan fingerprint density at radius 1 is 1.35 bits per heavy atom. The Balaban J connectivity index is 1.84. The van der Waals surface area contributed by atoms with Gasteiger partial charge in [0.15, 0.2) is 0 Å². The Hall–Kier alpha value is -0.650. The molecule has 5 nitrogen and oxygen atoms in total. The van der Waals surface area contributed by atoms with Gasteiger partial charge in [0.2, 0.25) is 5.91 Å². The predicted molar refractivity (Wildman–Crippen MR) is 63.4 cm³/mol. The fourth-order valence-electron chi connectivity index (χ4n) is 2.82. The highest BCUT2D eigenvalue weighted by atomic mass is 16.3. The second kappa shape index (κ2) is 5.80. The van der Waals surface area contributed by atoms with Gasteiger partial charge in [-0.15, -0.1) is 0 Å². The Bertz CT molecular complexity index is 272. The maximum atomic E-state index is 12.0. The van der Waals surface area contributed by atoms with E-state index in [1.165, 1.54) is 0 Å². The largest absolute Gasteiger partial charge is 0.396 e. The minimum absolute atomic E-state index is 0.0353. The fourth-order valence-corrected chi connectivity index (χ4v) is 2.82. The second-order valence-electron chi connectivity index (χ2n) is 5.19. The van der Waals surface area contributed by atoms with Crippen molar-refractivity contribution in [1.29, 1.82) is 0 Å². The highest BCUT2D eigenvalue weighted by Gasteiger charge is 2.32. The van der Waals surface area contributed by atoms with Gasteiger partial charge in [-0.05, 0) is 19.3 Å². The van der Waals surface area contributed by atoms with Crippen molar-refractivity contribution in [2.24, 2.45) is 5.92 Å². The molecule has 2 rings (SSSR count). The number of nitrogens with one attached hydrogen (secondary N) is 2. The molecule has 1 aliphatic carbocycles. The van der Waals surface area contributed by atoms with Crippen LogP contribution in [0.25, 0.3) is 0 Å². The van der Waals surface area contributed by atoms with Gasteiger partial charge in [0.1, 0.15) is 0 Å². The van der Waals surface area contributed by atoms with Gasteiger partial charge in [-0.25, -0.2) is 0 Å². The van der Waals surface area contributed by atoms with Crippen LogP contribution in [0, 0.1) is 5.92 Å². The lowest BCUT2D eigenvalue weighted by molar-refractivity contribution is -0.124. The third kappa shape index (κ3) is 3.18. The summed E-state index contributed by atoms with van der Waals surface area (Å²) in [4.78, 5) is 12.0. The molecule has 2 fully saturated rings. The van der Waals surface area contributed by atoms with E-state index in [-0.39, 0.29) is 30.5 Å². The molecule has 1 amide bonds. The lowest BCUT2D eigenvalue weighted by Gasteiger charge is -2.31. The van der Waals surface area contributed by atoms with Crippen molar-refractivity contribution in [3.8, 4) is 0 Å². The number of hydrogen-bond acceptors (Lipinski definition) is 4. The zero-order valence-corrected chi connectivity index (χ0v) is 10.1. The number of carbonyl (C=O) groups is 1. The first kappa shape index (κ1) is 12.8. The van der Waals surface area contributed by atoms with Crippen molar-refractivity contribution < 1.29 is 15.0 Å². The smallest absolute Gasteiger partial charge is 0.237 e. The molecule has 4 unspecified atom stereocenters. The maximum absolute atomic E-state index is 12.0. The standard InChI is InChI=1S/C12H22N2O3/c15-7-8-3-1-2-4-10(8)14-12(17)11-5-9(16)6-13-11/h8-11,13,15-16H,1-7H2,(H,14,17). The summed E-state index contributed by atoms with van der Waals surface area (Å²) in [6.07, 6.45) is 4.27. The van der Waals surface area contributed by atoms with E-state index in [0.717, 1.165) is 25.7 Å². The lowest BCUT2D eigenvalue weighted by atomic mass is 9.85. The molecule has 4 atom stereocenters. The van der Waals surface area contributed by atoms with E-state index in [2.05, 4.69) is 10.6 Å². The molecule has 4 N–H and O–H groups in total. The summed E-state index contributed by atoms with van der Waals surface area (Å²) in [5.41, 5.74) is 0. The molecule has 1 saturated heterocycles. The van der Waals surface area contributed by atoms with Crippen molar-refractivity contribution in [1.82, 2.24) is 10.6 Å². The molecule has 1 heterocycles. The van der Waals surface area contributed by atoms with Gasteiger partial charge in [-0.3, -0.25) is 4.79 Å². The van der Waals surface area contributed by atoms with Gasteiger partial charge >= 0.3 is 0 Å². The van der Waals surface area contributed by atoms with E-state index >= 15 is 0 Å². The van der Waals surface area contributed by atoms with Crippen molar-refractivity contribution in [2.45, 2.75) is 50.3 Å². The topological polar surface area (TPSA) is 81.6 Å². The first-order valence-corrected chi connectivity index (χ1v) is 6.53. The quantitative estimate of drug-likeness (QED) is 0.531. The van der Waals surface area contributed by atoms with E-state index in [4.69, 9.17) is 0 Å². The van der Waals surface area contributed by atoms with Gasteiger partial charge in [0.05, 0.1) is 12.1 Å². The first-order valence-electron chi connectivity index (χ1n) is 6.53. The minimum atomic E-state index is -0.411. The van der Waals surface area contributed by atoms with E-state index in [1.807, 2.05) is 0 Å². The molecule has 98 valence electrons. The van der Waals surface area contributed by atoms with Crippen LogP contribution in [0.3, 0.4) is 0 Å². The van der Waals surface area contributed by atoms with Crippen LogP contribution in [-0.4, -0.2) is 47.5 Å². The zero-order valence-electron chi connectivity index (χ0n) is 10.1. The lowest BCUT2D eigenvalue weighted by Crippen LogP contribution is -2.49. The first-order chi connectivity index (χ1) is 8.20. The Morgan fingerprint density at radius 2 is 2.12 bits per heavy atom. The molecule has 0 aromatic heterocycles. The van der Waals surface area contributed by atoms with Gasteiger partial charge in [0, 0.05) is 25.1 Å². The average Bonchev–Trinajstić information content (AvgIpc) is 2.77. The third-order valence-corrected chi connectivity index (χ3v) is 3.90. The van der Waals surface area contributed by atoms with Crippen LogP contribution in [0.15, 0.2) is 0 Å². The number of hydrogen-bond donors (Lipinski definition) is 4. The molecule has 0 spiro atoms. The SMILES string of the molecule is O=C(NC1CCCCC1CO)C1CC(O)CN1. The molecule has 1 aliphatic heterocycles. The average molecular weight is 242 g/mol. The van der Waals surface area contributed by atoms with Gasteiger partial charge in [-0.2, -0.15) is 0 Å². The molecular weight excluding hydrogens is 220 g/mol. The predicted octanol–water partition coefficient (Wildman–Crippen LogP) is -0.624. The second-order valence-corrected chi connectivity index (χ2v) is 5.19. The summed E-state index contributed by atoms with van der Waals surface area (Å²) < 4.78 is 0. The summed E-state index contributed by atoms with van der Waals surface area (Å²) >= 11 is 0. The van der Waals surface area contributed by atoms with Gasteiger partial charge < -0.3 is 20.8 Å². The van der Waals surface area contributed by atoms with Gasteiger partial charge in [0.25, 0.3) is 0 Å². The fraction of sp³-hybridized carbons (Fsp3) is 0.917. The summed E-state index contributed by atoms with van der Waals surface area (Å²) in [5, 5.41) is 24.7. The molecule has 0 radical (unpaired) electrons. The number of aliphatic hydroxyl groups is 2. The van der Waals surface area contributed by atoms with Crippen LogP contribution < -0.4 is 10.6 Å². The normalized spacial score (nSPS) is 38.0.